The maximum absolute atomic E-state index is 11.8. The van der Waals surface area contributed by atoms with Crippen LogP contribution >= 0.6 is 0 Å². The molecule has 4 heteroatoms. The van der Waals surface area contributed by atoms with Crippen LogP contribution in [0, 0.1) is 6.92 Å². The fraction of sp³-hybridized carbons (Fsp3) is 0.211. The molecule has 0 unspecified atom stereocenters. The Morgan fingerprint density at radius 3 is 2.43 bits per heavy atom. The number of aryl methyl sites for hydroxylation is 1. The van der Waals surface area contributed by atoms with Crippen LogP contribution in [0.1, 0.15) is 16.7 Å². The van der Waals surface area contributed by atoms with Crippen molar-refractivity contribution < 1.29 is 19.0 Å². The van der Waals surface area contributed by atoms with Gasteiger partial charge >= 0.3 is 5.97 Å². The van der Waals surface area contributed by atoms with E-state index in [2.05, 4.69) is 0 Å². The van der Waals surface area contributed by atoms with Gasteiger partial charge < -0.3 is 14.2 Å². The highest BCUT2D eigenvalue weighted by Crippen LogP contribution is 2.24. The molecule has 0 aromatic heterocycles. The Kier molecular flexibility index (Phi) is 5.80. The Labute approximate surface area is 136 Å². The number of methoxy groups -OCH3 is 2. The number of rotatable bonds is 6. The van der Waals surface area contributed by atoms with Crippen molar-refractivity contribution >= 4 is 12.0 Å². The molecular formula is C19H20O4. The highest BCUT2D eigenvalue weighted by molar-refractivity contribution is 5.87. The number of carbonyl (C=O) groups is 1. The largest absolute Gasteiger partial charge is 0.497 e. The molecule has 0 saturated carbocycles. The third-order valence-corrected chi connectivity index (χ3v) is 3.35. The van der Waals surface area contributed by atoms with E-state index in [0.29, 0.717) is 11.5 Å². The number of carbonyl (C=O) groups excluding carboxylic acids is 1. The van der Waals surface area contributed by atoms with E-state index in [1.807, 2.05) is 31.2 Å². The molecule has 0 fully saturated rings. The van der Waals surface area contributed by atoms with Crippen LogP contribution < -0.4 is 9.47 Å². The summed E-state index contributed by atoms with van der Waals surface area (Å²) in [6.07, 6.45) is 3.14. The molecule has 0 aliphatic heterocycles. The first-order chi connectivity index (χ1) is 11.1. The van der Waals surface area contributed by atoms with E-state index in [4.69, 9.17) is 14.2 Å². The van der Waals surface area contributed by atoms with E-state index in [1.165, 1.54) is 11.6 Å². The Morgan fingerprint density at radius 2 is 1.78 bits per heavy atom. The van der Waals surface area contributed by atoms with Crippen LogP contribution in [-0.2, 0) is 16.1 Å². The van der Waals surface area contributed by atoms with Gasteiger partial charge in [-0.2, -0.15) is 0 Å². The highest BCUT2D eigenvalue weighted by atomic mass is 16.5. The fourth-order valence-electron chi connectivity index (χ4n) is 2.03. The molecule has 0 atom stereocenters. The molecule has 0 saturated heterocycles. The standard InChI is InChI=1S/C19H20O4/c1-14-4-6-15(7-5-14)8-11-19(20)23-13-16-12-17(21-2)9-10-18(16)22-3/h4-12H,13H2,1-3H3/b11-8+. The van der Waals surface area contributed by atoms with Gasteiger partial charge in [0.05, 0.1) is 14.2 Å². The minimum Gasteiger partial charge on any atom is -0.497 e. The van der Waals surface area contributed by atoms with Crippen LogP contribution in [0.5, 0.6) is 11.5 Å². The van der Waals surface area contributed by atoms with E-state index in [-0.39, 0.29) is 6.61 Å². The summed E-state index contributed by atoms with van der Waals surface area (Å²) in [5.74, 6) is 0.934. The second-order valence-corrected chi connectivity index (χ2v) is 5.03. The topological polar surface area (TPSA) is 44.8 Å². The first kappa shape index (κ1) is 16.6. The van der Waals surface area contributed by atoms with Crippen LogP contribution in [0.4, 0.5) is 0 Å². The van der Waals surface area contributed by atoms with Crippen molar-refractivity contribution in [3.8, 4) is 11.5 Å². The van der Waals surface area contributed by atoms with E-state index in [1.54, 1.807) is 38.5 Å². The number of hydrogen-bond donors (Lipinski definition) is 0. The molecule has 0 radical (unpaired) electrons. The molecule has 4 nitrogen and oxygen atoms in total. The van der Waals surface area contributed by atoms with E-state index in [9.17, 15) is 4.79 Å². The summed E-state index contributed by atoms with van der Waals surface area (Å²) < 4.78 is 15.7. The molecule has 0 heterocycles. The van der Waals surface area contributed by atoms with Gasteiger partial charge in [0.25, 0.3) is 0 Å². The molecule has 23 heavy (non-hydrogen) atoms. The van der Waals surface area contributed by atoms with Crippen molar-refractivity contribution in [3.63, 3.8) is 0 Å². The fourth-order valence-corrected chi connectivity index (χ4v) is 2.03. The average Bonchev–Trinajstić information content (AvgIpc) is 2.59. The zero-order chi connectivity index (χ0) is 16.7. The van der Waals surface area contributed by atoms with E-state index < -0.39 is 5.97 Å². The Bertz CT molecular complexity index is 687. The molecule has 0 bridgehead atoms. The first-order valence-electron chi connectivity index (χ1n) is 7.25. The summed E-state index contributed by atoms with van der Waals surface area (Å²) in [4.78, 5) is 11.8. The normalized spacial score (nSPS) is 10.6. The van der Waals surface area contributed by atoms with Crippen LogP contribution in [-0.4, -0.2) is 20.2 Å². The van der Waals surface area contributed by atoms with Crippen molar-refractivity contribution in [2.24, 2.45) is 0 Å². The second-order valence-electron chi connectivity index (χ2n) is 5.03. The second kappa shape index (κ2) is 8.03. The van der Waals surface area contributed by atoms with Crippen LogP contribution in [0.15, 0.2) is 48.5 Å². The molecule has 120 valence electrons. The van der Waals surface area contributed by atoms with Crippen molar-refractivity contribution in [2.75, 3.05) is 14.2 Å². The molecule has 2 aromatic rings. The number of ether oxygens (including phenoxy) is 3. The minimum absolute atomic E-state index is 0.122. The van der Waals surface area contributed by atoms with Gasteiger partial charge in [-0.3, -0.25) is 0 Å². The monoisotopic (exact) mass is 312 g/mol. The predicted molar refractivity (Wildman–Crippen MR) is 89.6 cm³/mol. The maximum Gasteiger partial charge on any atom is 0.331 e. The Hall–Kier alpha value is -2.75. The summed E-state index contributed by atoms with van der Waals surface area (Å²) in [5.41, 5.74) is 2.88. The SMILES string of the molecule is COc1ccc(OC)c(COC(=O)/C=C/c2ccc(C)cc2)c1. The molecule has 0 amide bonds. The lowest BCUT2D eigenvalue weighted by molar-refractivity contribution is -0.138. The van der Waals surface area contributed by atoms with Gasteiger partial charge in [-0.15, -0.1) is 0 Å². The first-order valence-corrected chi connectivity index (χ1v) is 7.25. The molecule has 0 N–H and O–H groups in total. The molecule has 0 aliphatic rings. The lowest BCUT2D eigenvalue weighted by atomic mass is 10.1. The summed E-state index contributed by atoms with van der Waals surface area (Å²) in [5, 5.41) is 0. The van der Waals surface area contributed by atoms with Gasteiger partial charge in [0.2, 0.25) is 0 Å². The minimum atomic E-state index is -0.407. The van der Waals surface area contributed by atoms with Crippen LogP contribution in [0.2, 0.25) is 0 Å². The lowest BCUT2D eigenvalue weighted by Crippen LogP contribution is -2.02. The summed E-state index contributed by atoms with van der Waals surface area (Å²) in [6, 6.07) is 13.2. The number of benzene rings is 2. The van der Waals surface area contributed by atoms with Gasteiger partial charge in [0, 0.05) is 11.6 Å². The van der Waals surface area contributed by atoms with Gasteiger partial charge in [0.15, 0.2) is 0 Å². The summed E-state index contributed by atoms with van der Waals surface area (Å²) in [7, 11) is 3.16. The molecule has 2 aromatic carbocycles. The summed E-state index contributed by atoms with van der Waals surface area (Å²) >= 11 is 0. The highest BCUT2D eigenvalue weighted by Gasteiger charge is 2.07. The molecular weight excluding hydrogens is 292 g/mol. The van der Waals surface area contributed by atoms with Crippen LogP contribution in [0.3, 0.4) is 0 Å². The Morgan fingerprint density at radius 1 is 1.04 bits per heavy atom. The van der Waals surface area contributed by atoms with Crippen molar-refractivity contribution in [1.29, 1.82) is 0 Å². The lowest BCUT2D eigenvalue weighted by Gasteiger charge is -2.10. The smallest absolute Gasteiger partial charge is 0.331 e. The van der Waals surface area contributed by atoms with Gasteiger partial charge in [-0.05, 0) is 36.8 Å². The predicted octanol–water partition coefficient (Wildman–Crippen LogP) is 3.77. The number of hydrogen-bond acceptors (Lipinski definition) is 4. The third kappa shape index (κ3) is 4.88. The zero-order valence-electron chi connectivity index (χ0n) is 13.5. The van der Waals surface area contributed by atoms with E-state index >= 15 is 0 Å². The molecule has 0 aliphatic carbocycles. The number of esters is 1. The van der Waals surface area contributed by atoms with Crippen molar-refractivity contribution in [1.82, 2.24) is 0 Å². The van der Waals surface area contributed by atoms with Crippen molar-refractivity contribution in [2.45, 2.75) is 13.5 Å². The van der Waals surface area contributed by atoms with Gasteiger partial charge in [0.1, 0.15) is 18.1 Å². The quantitative estimate of drug-likeness (QED) is 0.601. The summed E-state index contributed by atoms with van der Waals surface area (Å²) in [6.45, 7) is 2.14. The van der Waals surface area contributed by atoms with Gasteiger partial charge in [-0.1, -0.05) is 29.8 Å². The van der Waals surface area contributed by atoms with Gasteiger partial charge in [-0.25, -0.2) is 4.79 Å². The van der Waals surface area contributed by atoms with E-state index in [0.717, 1.165) is 11.1 Å². The van der Waals surface area contributed by atoms with Crippen LogP contribution in [0.25, 0.3) is 6.08 Å². The third-order valence-electron chi connectivity index (χ3n) is 3.35. The maximum atomic E-state index is 11.8. The zero-order valence-corrected chi connectivity index (χ0v) is 13.5. The average molecular weight is 312 g/mol. The molecule has 2 rings (SSSR count). The molecule has 0 spiro atoms. The van der Waals surface area contributed by atoms with Crippen molar-refractivity contribution in [3.05, 3.63) is 65.2 Å². The Balaban J connectivity index is 1.97.